The van der Waals surface area contributed by atoms with E-state index in [4.69, 9.17) is 4.74 Å². The molecular weight excluding hydrogens is 426 g/mol. The average Bonchev–Trinajstić information content (AvgIpc) is 3.62. The molecule has 2 amide bonds. The van der Waals surface area contributed by atoms with Gasteiger partial charge in [-0.05, 0) is 31.2 Å². The highest BCUT2D eigenvalue weighted by molar-refractivity contribution is 7.99. The quantitative estimate of drug-likeness (QED) is 0.532. The second-order valence-corrected chi connectivity index (χ2v) is 9.34. The van der Waals surface area contributed by atoms with Gasteiger partial charge in [0.15, 0.2) is 5.16 Å². The lowest BCUT2D eigenvalue weighted by Gasteiger charge is -2.36. The molecule has 0 radical (unpaired) electrons. The van der Waals surface area contributed by atoms with Crippen LogP contribution >= 0.6 is 11.8 Å². The predicted molar refractivity (Wildman–Crippen MR) is 120 cm³/mol. The number of rotatable bonds is 6. The summed E-state index contributed by atoms with van der Waals surface area (Å²) in [6.07, 6.45) is 6.25. The number of urea groups is 1. The number of nitrogens with zero attached hydrogens (tertiary/aromatic N) is 4. The van der Waals surface area contributed by atoms with Gasteiger partial charge < -0.3 is 14.6 Å². The van der Waals surface area contributed by atoms with Gasteiger partial charge in [0.25, 0.3) is 0 Å². The molecule has 1 saturated carbocycles. The summed E-state index contributed by atoms with van der Waals surface area (Å²) in [5.74, 6) is 1.06. The SMILES string of the molecule is COC(=O)C1=C(CSc2nnc3n2CCCCC3)N(C2CC2)C(=O)NC1c1ccccc1. The summed E-state index contributed by atoms with van der Waals surface area (Å²) >= 11 is 1.54. The van der Waals surface area contributed by atoms with E-state index in [-0.39, 0.29) is 12.1 Å². The van der Waals surface area contributed by atoms with Crippen molar-refractivity contribution in [2.75, 3.05) is 12.9 Å². The summed E-state index contributed by atoms with van der Waals surface area (Å²) in [7, 11) is 1.39. The number of hydrogen-bond donors (Lipinski definition) is 1. The first kappa shape index (κ1) is 21.1. The number of esters is 1. The van der Waals surface area contributed by atoms with E-state index in [2.05, 4.69) is 20.1 Å². The minimum Gasteiger partial charge on any atom is -0.466 e. The van der Waals surface area contributed by atoms with Crippen LogP contribution < -0.4 is 5.32 Å². The van der Waals surface area contributed by atoms with Gasteiger partial charge in [0.1, 0.15) is 5.82 Å². The largest absolute Gasteiger partial charge is 0.466 e. The van der Waals surface area contributed by atoms with Gasteiger partial charge in [0.2, 0.25) is 0 Å². The summed E-state index contributed by atoms with van der Waals surface area (Å²) in [6.45, 7) is 0.910. The minimum absolute atomic E-state index is 0.123. The van der Waals surface area contributed by atoms with Crippen molar-refractivity contribution in [3.05, 3.63) is 53.0 Å². The molecule has 2 aliphatic heterocycles. The van der Waals surface area contributed by atoms with Crippen LogP contribution in [0.5, 0.6) is 0 Å². The Bertz CT molecular complexity index is 1050. The van der Waals surface area contributed by atoms with E-state index >= 15 is 0 Å². The van der Waals surface area contributed by atoms with Crippen LogP contribution in [-0.4, -0.2) is 50.6 Å². The number of aryl methyl sites for hydroxylation is 1. The molecule has 0 spiro atoms. The van der Waals surface area contributed by atoms with Crippen LogP contribution in [0.3, 0.4) is 0 Å². The summed E-state index contributed by atoms with van der Waals surface area (Å²) in [4.78, 5) is 27.9. The van der Waals surface area contributed by atoms with E-state index in [1.54, 1.807) is 4.90 Å². The maximum Gasteiger partial charge on any atom is 0.338 e. The van der Waals surface area contributed by atoms with E-state index in [1.165, 1.54) is 25.3 Å². The van der Waals surface area contributed by atoms with Gasteiger partial charge in [-0.25, -0.2) is 9.59 Å². The van der Waals surface area contributed by atoms with Crippen molar-refractivity contribution < 1.29 is 14.3 Å². The Balaban J connectivity index is 1.53. The fraction of sp³-hybridized carbons (Fsp3) is 0.478. The number of benzene rings is 1. The smallest absolute Gasteiger partial charge is 0.338 e. The van der Waals surface area contributed by atoms with Crippen LogP contribution in [0.15, 0.2) is 46.8 Å². The molecule has 5 rings (SSSR count). The van der Waals surface area contributed by atoms with Crippen LogP contribution in [0.4, 0.5) is 4.79 Å². The summed E-state index contributed by atoms with van der Waals surface area (Å²) in [6, 6.07) is 8.99. The third kappa shape index (κ3) is 4.01. The Morgan fingerprint density at radius 1 is 1.19 bits per heavy atom. The normalized spacial score (nSPS) is 21.1. The van der Waals surface area contributed by atoms with Gasteiger partial charge in [-0.15, -0.1) is 10.2 Å². The number of methoxy groups -OCH3 is 1. The zero-order chi connectivity index (χ0) is 22.1. The molecule has 168 valence electrons. The molecule has 1 aliphatic carbocycles. The van der Waals surface area contributed by atoms with Crippen LogP contribution in [0, 0.1) is 0 Å². The number of ether oxygens (including phenoxy) is 1. The summed E-state index contributed by atoms with van der Waals surface area (Å²) in [5.41, 5.74) is 2.07. The van der Waals surface area contributed by atoms with Gasteiger partial charge in [-0.1, -0.05) is 48.5 Å². The number of carbonyl (C=O) groups is 2. The van der Waals surface area contributed by atoms with Crippen molar-refractivity contribution in [1.82, 2.24) is 25.0 Å². The van der Waals surface area contributed by atoms with Crippen molar-refractivity contribution in [1.29, 1.82) is 0 Å². The fourth-order valence-corrected chi connectivity index (χ4v) is 5.50. The van der Waals surface area contributed by atoms with Crippen molar-refractivity contribution in [2.24, 2.45) is 0 Å². The Morgan fingerprint density at radius 3 is 2.75 bits per heavy atom. The van der Waals surface area contributed by atoms with E-state index in [0.717, 1.165) is 55.2 Å². The highest BCUT2D eigenvalue weighted by atomic mass is 32.2. The molecular formula is C23H27N5O3S. The molecule has 32 heavy (non-hydrogen) atoms. The molecule has 1 aromatic carbocycles. The van der Waals surface area contributed by atoms with E-state index in [1.807, 2.05) is 30.3 Å². The summed E-state index contributed by atoms with van der Waals surface area (Å²) < 4.78 is 7.37. The first-order chi connectivity index (χ1) is 15.7. The fourth-order valence-electron chi connectivity index (χ4n) is 4.49. The van der Waals surface area contributed by atoms with Gasteiger partial charge in [-0.3, -0.25) is 4.90 Å². The molecule has 9 heteroatoms. The van der Waals surface area contributed by atoms with Crippen LogP contribution in [0.1, 0.15) is 49.5 Å². The predicted octanol–water partition coefficient (Wildman–Crippen LogP) is 3.45. The topological polar surface area (TPSA) is 89.3 Å². The standard InChI is InChI=1S/C23H27N5O3S/c1-31-21(29)19-17(14-32-23-26-25-18-10-6-3-7-13-27(18)23)28(16-11-12-16)22(30)24-20(19)15-8-4-2-5-9-15/h2,4-5,8-9,16,20H,3,6-7,10-14H2,1H3,(H,24,30). The maximum absolute atomic E-state index is 13.2. The van der Waals surface area contributed by atoms with Gasteiger partial charge in [-0.2, -0.15) is 0 Å². The lowest BCUT2D eigenvalue weighted by Crippen LogP contribution is -2.50. The zero-order valence-electron chi connectivity index (χ0n) is 18.1. The molecule has 1 aromatic heterocycles. The van der Waals surface area contributed by atoms with Crippen molar-refractivity contribution in [3.63, 3.8) is 0 Å². The number of nitrogens with one attached hydrogen (secondary N) is 1. The zero-order valence-corrected chi connectivity index (χ0v) is 18.9. The average molecular weight is 454 g/mol. The van der Waals surface area contributed by atoms with Crippen molar-refractivity contribution in [2.45, 2.75) is 62.3 Å². The molecule has 1 unspecified atom stereocenters. The van der Waals surface area contributed by atoms with Crippen molar-refractivity contribution in [3.8, 4) is 0 Å². The number of thioether (sulfide) groups is 1. The lowest BCUT2D eigenvalue weighted by atomic mass is 9.95. The molecule has 0 bridgehead atoms. The first-order valence-corrected chi connectivity index (χ1v) is 12.2. The highest BCUT2D eigenvalue weighted by Crippen LogP contribution is 2.40. The van der Waals surface area contributed by atoms with Gasteiger partial charge in [0.05, 0.1) is 18.7 Å². The Hall–Kier alpha value is -2.81. The van der Waals surface area contributed by atoms with Gasteiger partial charge in [0, 0.05) is 30.5 Å². The first-order valence-electron chi connectivity index (χ1n) is 11.2. The Morgan fingerprint density at radius 2 is 2.00 bits per heavy atom. The monoisotopic (exact) mass is 453 g/mol. The highest BCUT2D eigenvalue weighted by Gasteiger charge is 2.44. The van der Waals surface area contributed by atoms with Crippen LogP contribution in [0.25, 0.3) is 0 Å². The third-order valence-corrected chi connectivity index (χ3v) is 7.22. The Labute approximate surface area is 191 Å². The van der Waals surface area contributed by atoms with Crippen LogP contribution in [0.2, 0.25) is 0 Å². The molecule has 0 saturated heterocycles. The van der Waals surface area contributed by atoms with Crippen molar-refractivity contribution >= 4 is 23.8 Å². The van der Waals surface area contributed by atoms with E-state index in [9.17, 15) is 9.59 Å². The molecule has 1 N–H and O–H groups in total. The minimum atomic E-state index is -0.544. The molecule has 1 fully saturated rings. The summed E-state index contributed by atoms with van der Waals surface area (Å²) in [5, 5.41) is 12.7. The van der Waals surface area contributed by atoms with Gasteiger partial charge >= 0.3 is 12.0 Å². The molecule has 3 heterocycles. The number of aromatic nitrogens is 3. The molecule has 3 aliphatic rings. The van der Waals surface area contributed by atoms with Crippen LogP contribution in [-0.2, 0) is 22.5 Å². The second-order valence-electron chi connectivity index (χ2n) is 8.40. The molecule has 2 aromatic rings. The second kappa shape index (κ2) is 8.97. The number of fused-ring (bicyclic) bond motifs is 1. The third-order valence-electron chi connectivity index (χ3n) is 6.24. The number of amides is 2. The molecule has 1 atom stereocenters. The number of carbonyl (C=O) groups excluding carboxylic acids is 2. The molecule has 8 nitrogen and oxygen atoms in total. The lowest BCUT2D eigenvalue weighted by molar-refractivity contribution is -0.136. The maximum atomic E-state index is 13.2. The van der Waals surface area contributed by atoms with E-state index in [0.29, 0.717) is 17.0 Å². The Kier molecular flexibility index (Phi) is 5.91. The van der Waals surface area contributed by atoms with E-state index < -0.39 is 12.0 Å². The number of hydrogen-bond acceptors (Lipinski definition) is 6.